The molecular formula is C12H13NO2. The van der Waals surface area contributed by atoms with Gasteiger partial charge in [0.1, 0.15) is 5.75 Å². The van der Waals surface area contributed by atoms with Gasteiger partial charge in [-0.25, -0.2) is 0 Å². The molecular weight excluding hydrogens is 190 g/mol. The largest absolute Gasteiger partial charge is 0.507 e. The molecule has 0 fully saturated rings. The molecule has 1 aromatic heterocycles. The van der Waals surface area contributed by atoms with Crippen LogP contribution in [0.3, 0.4) is 0 Å². The summed E-state index contributed by atoms with van der Waals surface area (Å²) in [5.74, 6) is 0.0449. The summed E-state index contributed by atoms with van der Waals surface area (Å²) in [5, 5.41) is 10.3. The zero-order valence-electron chi connectivity index (χ0n) is 8.79. The van der Waals surface area contributed by atoms with E-state index in [9.17, 15) is 9.90 Å². The van der Waals surface area contributed by atoms with Crippen molar-refractivity contribution in [3.05, 3.63) is 39.7 Å². The van der Waals surface area contributed by atoms with Crippen molar-refractivity contribution in [3.8, 4) is 5.75 Å². The Morgan fingerprint density at radius 1 is 1.33 bits per heavy atom. The molecule has 2 rings (SSSR count). The number of aromatic nitrogens is 1. The van der Waals surface area contributed by atoms with Crippen molar-refractivity contribution in [3.63, 3.8) is 0 Å². The lowest BCUT2D eigenvalue weighted by molar-refractivity contribution is 0.480. The minimum absolute atomic E-state index is 0.0449. The summed E-state index contributed by atoms with van der Waals surface area (Å²) in [7, 11) is 0. The number of aryl methyl sites for hydroxylation is 2. The fraction of sp³-hybridized carbons (Fsp3) is 0.250. The molecule has 0 amide bonds. The molecule has 0 unspecified atom stereocenters. The number of benzene rings is 1. The SMILES string of the molecule is CCc1cc2c(O)cc(=O)[nH]c2cc1C. The van der Waals surface area contributed by atoms with E-state index in [2.05, 4.69) is 11.9 Å². The van der Waals surface area contributed by atoms with E-state index in [-0.39, 0.29) is 11.3 Å². The molecule has 1 aromatic carbocycles. The summed E-state index contributed by atoms with van der Waals surface area (Å²) in [6.07, 6.45) is 0.917. The number of aromatic hydroxyl groups is 1. The maximum absolute atomic E-state index is 11.2. The predicted molar refractivity (Wildman–Crippen MR) is 60.3 cm³/mol. The molecule has 3 heteroatoms. The highest BCUT2D eigenvalue weighted by Crippen LogP contribution is 2.24. The van der Waals surface area contributed by atoms with Crippen LogP contribution in [0.15, 0.2) is 23.0 Å². The molecule has 0 saturated carbocycles. The molecule has 0 aliphatic carbocycles. The van der Waals surface area contributed by atoms with Gasteiger partial charge in [0, 0.05) is 11.5 Å². The first-order valence-corrected chi connectivity index (χ1v) is 4.97. The Labute approximate surface area is 87.4 Å². The van der Waals surface area contributed by atoms with E-state index in [1.165, 1.54) is 11.6 Å². The molecule has 0 radical (unpaired) electrons. The minimum Gasteiger partial charge on any atom is -0.507 e. The first-order chi connectivity index (χ1) is 7.11. The molecule has 2 aromatic rings. The van der Waals surface area contributed by atoms with E-state index < -0.39 is 0 Å². The van der Waals surface area contributed by atoms with Crippen LogP contribution in [0.4, 0.5) is 0 Å². The highest BCUT2D eigenvalue weighted by molar-refractivity contribution is 5.85. The highest BCUT2D eigenvalue weighted by Gasteiger charge is 2.05. The van der Waals surface area contributed by atoms with E-state index in [4.69, 9.17) is 0 Å². The van der Waals surface area contributed by atoms with Crippen molar-refractivity contribution in [1.29, 1.82) is 0 Å². The van der Waals surface area contributed by atoms with Gasteiger partial charge in [-0.05, 0) is 36.6 Å². The van der Waals surface area contributed by atoms with Gasteiger partial charge in [-0.2, -0.15) is 0 Å². The average molecular weight is 203 g/mol. The summed E-state index contributed by atoms with van der Waals surface area (Å²) in [4.78, 5) is 13.9. The van der Waals surface area contributed by atoms with Crippen LogP contribution in [0.2, 0.25) is 0 Å². The average Bonchev–Trinajstić information content (AvgIpc) is 2.16. The third-order valence-electron chi connectivity index (χ3n) is 2.66. The predicted octanol–water partition coefficient (Wildman–Crippen LogP) is 2.10. The van der Waals surface area contributed by atoms with Crippen molar-refractivity contribution in [2.75, 3.05) is 0 Å². The monoisotopic (exact) mass is 203 g/mol. The fourth-order valence-corrected chi connectivity index (χ4v) is 1.82. The zero-order chi connectivity index (χ0) is 11.0. The van der Waals surface area contributed by atoms with E-state index in [1.807, 2.05) is 19.1 Å². The maximum Gasteiger partial charge on any atom is 0.252 e. The molecule has 0 aliphatic rings. The molecule has 0 bridgehead atoms. The van der Waals surface area contributed by atoms with Crippen LogP contribution in [0, 0.1) is 6.92 Å². The van der Waals surface area contributed by atoms with Crippen LogP contribution < -0.4 is 5.56 Å². The molecule has 0 aliphatic heterocycles. The summed E-state index contributed by atoms with van der Waals surface area (Å²) in [5.41, 5.74) is 2.73. The number of nitrogens with one attached hydrogen (secondary N) is 1. The number of pyridine rings is 1. The van der Waals surface area contributed by atoms with Gasteiger partial charge in [-0.1, -0.05) is 6.92 Å². The Balaban J connectivity index is 2.87. The van der Waals surface area contributed by atoms with E-state index in [1.54, 1.807) is 0 Å². The molecule has 15 heavy (non-hydrogen) atoms. The normalized spacial score (nSPS) is 10.8. The topological polar surface area (TPSA) is 53.1 Å². The first kappa shape index (κ1) is 9.77. The first-order valence-electron chi connectivity index (χ1n) is 4.97. The Kier molecular flexibility index (Phi) is 2.23. The minimum atomic E-state index is -0.274. The molecule has 3 nitrogen and oxygen atoms in total. The maximum atomic E-state index is 11.2. The summed E-state index contributed by atoms with van der Waals surface area (Å²) in [6.45, 7) is 4.07. The van der Waals surface area contributed by atoms with Crippen LogP contribution in [0.5, 0.6) is 5.75 Å². The Morgan fingerprint density at radius 2 is 2.07 bits per heavy atom. The van der Waals surface area contributed by atoms with E-state index in [0.717, 1.165) is 12.0 Å². The second-order valence-electron chi connectivity index (χ2n) is 3.70. The lowest BCUT2D eigenvalue weighted by Crippen LogP contribution is -2.03. The zero-order valence-corrected chi connectivity index (χ0v) is 8.79. The van der Waals surface area contributed by atoms with Gasteiger partial charge in [0.05, 0.1) is 5.52 Å². The Hall–Kier alpha value is -1.77. The third kappa shape index (κ3) is 1.61. The molecule has 2 N–H and O–H groups in total. The Morgan fingerprint density at radius 3 is 2.73 bits per heavy atom. The molecule has 0 saturated heterocycles. The number of H-pyrrole nitrogens is 1. The van der Waals surface area contributed by atoms with Crippen LogP contribution in [0.1, 0.15) is 18.1 Å². The smallest absolute Gasteiger partial charge is 0.252 e. The van der Waals surface area contributed by atoms with E-state index in [0.29, 0.717) is 10.9 Å². The van der Waals surface area contributed by atoms with Crippen LogP contribution in [0.25, 0.3) is 10.9 Å². The van der Waals surface area contributed by atoms with Crippen molar-refractivity contribution >= 4 is 10.9 Å². The standard InChI is InChI=1S/C12H13NO2/c1-3-8-5-9-10(4-7(8)2)13-12(15)6-11(9)14/h4-6H,3H2,1-2H3,(H2,13,14,15). The van der Waals surface area contributed by atoms with E-state index >= 15 is 0 Å². The van der Waals surface area contributed by atoms with Gasteiger partial charge in [0.25, 0.3) is 5.56 Å². The quantitative estimate of drug-likeness (QED) is 0.745. The number of hydrogen-bond acceptors (Lipinski definition) is 2. The van der Waals surface area contributed by atoms with Crippen LogP contribution >= 0.6 is 0 Å². The summed E-state index contributed by atoms with van der Waals surface area (Å²) in [6, 6.07) is 5.03. The molecule has 1 heterocycles. The lowest BCUT2D eigenvalue weighted by Gasteiger charge is -2.06. The van der Waals surface area contributed by atoms with Gasteiger partial charge in [0.15, 0.2) is 0 Å². The van der Waals surface area contributed by atoms with Gasteiger partial charge < -0.3 is 10.1 Å². The van der Waals surface area contributed by atoms with Crippen molar-refractivity contribution in [2.24, 2.45) is 0 Å². The second kappa shape index (κ2) is 3.42. The second-order valence-corrected chi connectivity index (χ2v) is 3.70. The fourth-order valence-electron chi connectivity index (χ4n) is 1.82. The van der Waals surface area contributed by atoms with Crippen molar-refractivity contribution < 1.29 is 5.11 Å². The number of fused-ring (bicyclic) bond motifs is 1. The highest BCUT2D eigenvalue weighted by atomic mass is 16.3. The van der Waals surface area contributed by atoms with Crippen LogP contribution in [-0.2, 0) is 6.42 Å². The number of aromatic amines is 1. The van der Waals surface area contributed by atoms with Gasteiger partial charge >= 0.3 is 0 Å². The lowest BCUT2D eigenvalue weighted by atomic mass is 10.0. The van der Waals surface area contributed by atoms with Gasteiger partial charge in [0.2, 0.25) is 0 Å². The molecule has 0 atom stereocenters. The van der Waals surface area contributed by atoms with Crippen molar-refractivity contribution in [1.82, 2.24) is 4.98 Å². The Bertz CT molecular complexity index is 570. The molecule has 0 spiro atoms. The summed E-state index contributed by atoms with van der Waals surface area (Å²) < 4.78 is 0. The van der Waals surface area contributed by atoms with Crippen LogP contribution in [-0.4, -0.2) is 10.1 Å². The van der Waals surface area contributed by atoms with Gasteiger partial charge in [-0.15, -0.1) is 0 Å². The van der Waals surface area contributed by atoms with Gasteiger partial charge in [-0.3, -0.25) is 4.79 Å². The number of hydrogen-bond donors (Lipinski definition) is 2. The molecule has 78 valence electrons. The van der Waals surface area contributed by atoms with Crippen molar-refractivity contribution in [2.45, 2.75) is 20.3 Å². The third-order valence-corrected chi connectivity index (χ3v) is 2.66. The number of rotatable bonds is 1. The summed E-state index contributed by atoms with van der Waals surface area (Å²) >= 11 is 0.